The summed E-state index contributed by atoms with van der Waals surface area (Å²) in [4.78, 5) is 16.1. The van der Waals surface area contributed by atoms with Gasteiger partial charge in [-0.05, 0) is 48.4 Å². The van der Waals surface area contributed by atoms with Gasteiger partial charge in [-0.3, -0.25) is 0 Å². The van der Waals surface area contributed by atoms with Gasteiger partial charge in [-0.25, -0.2) is 14.3 Å². The van der Waals surface area contributed by atoms with Gasteiger partial charge in [0.25, 0.3) is 0 Å². The van der Waals surface area contributed by atoms with Crippen LogP contribution in [-0.2, 0) is 4.74 Å². The molecule has 11 heteroatoms. The number of carbonyl (C=O) groups excluding carboxylic acids is 1. The molecular formula is C22H20F3N5O3. The molecule has 0 bridgehead atoms. The third-order valence-corrected chi connectivity index (χ3v) is 5.74. The second kappa shape index (κ2) is 8.07. The number of aryl methyl sites for hydroxylation is 1. The van der Waals surface area contributed by atoms with Crippen LogP contribution in [0.4, 0.5) is 18.0 Å². The molecule has 8 nitrogen and oxygen atoms in total. The average molecular weight is 459 g/mol. The predicted molar refractivity (Wildman–Crippen MR) is 111 cm³/mol. The van der Waals surface area contributed by atoms with Crippen LogP contribution in [0.1, 0.15) is 40.6 Å². The highest BCUT2D eigenvalue weighted by Crippen LogP contribution is 2.56. The molecule has 2 aromatic heterocycles. The van der Waals surface area contributed by atoms with E-state index < -0.39 is 6.36 Å². The van der Waals surface area contributed by atoms with Gasteiger partial charge in [-0.1, -0.05) is 12.1 Å². The molecule has 172 valence electrons. The van der Waals surface area contributed by atoms with Gasteiger partial charge in [0.05, 0.1) is 12.3 Å². The third kappa shape index (κ3) is 4.49. The Balaban J connectivity index is 1.47. The first-order valence-corrected chi connectivity index (χ1v) is 10.3. The van der Waals surface area contributed by atoms with Crippen LogP contribution in [0.5, 0.6) is 5.75 Å². The summed E-state index contributed by atoms with van der Waals surface area (Å²) in [5, 5.41) is 9.76. The summed E-state index contributed by atoms with van der Waals surface area (Å²) in [5.41, 5.74) is 4.12. The molecule has 2 aliphatic rings. The highest BCUT2D eigenvalue weighted by atomic mass is 19.4. The van der Waals surface area contributed by atoms with Crippen LogP contribution in [0.3, 0.4) is 0 Å². The van der Waals surface area contributed by atoms with E-state index in [2.05, 4.69) is 25.5 Å². The van der Waals surface area contributed by atoms with Crippen LogP contribution < -0.4 is 15.4 Å². The van der Waals surface area contributed by atoms with E-state index in [0.717, 1.165) is 17.5 Å². The van der Waals surface area contributed by atoms with Gasteiger partial charge in [0, 0.05) is 29.7 Å². The summed E-state index contributed by atoms with van der Waals surface area (Å²) in [6.45, 7) is 1.89. The monoisotopic (exact) mass is 459 g/mol. The number of ether oxygens (including phenoxy) is 2. The van der Waals surface area contributed by atoms with Crippen molar-refractivity contribution in [3.63, 3.8) is 0 Å². The Morgan fingerprint density at radius 2 is 2.09 bits per heavy atom. The van der Waals surface area contributed by atoms with Crippen LogP contribution in [0, 0.1) is 6.92 Å². The van der Waals surface area contributed by atoms with Gasteiger partial charge in [-0.2, -0.15) is 5.10 Å². The van der Waals surface area contributed by atoms with Crippen molar-refractivity contribution in [2.75, 3.05) is 13.3 Å². The quantitative estimate of drug-likeness (QED) is 0.619. The summed E-state index contributed by atoms with van der Waals surface area (Å²) in [5.74, 6) is -0.0963. The predicted octanol–water partition coefficient (Wildman–Crippen LogP) is 3.84. The Morgan fingerprint density at radius 1 is 1.24 bits per heavy atom. The number of imidazole rings is 1. The number of fused-ring (bicyclic) bond motifs is 1. The van der Waals surface area contributed by atoms with Crippen molar-refractivity contribution in [1.82, 2.24) is 25.2 Å². The molecule has 33 heavy (non-hydrogen) atoms. The number of hydrogen-bond donors (Lipinski definition) is 2. The molecule has 2 amide bonds. The topological polar surface area (TPSA) is 89.8 Å². The summed E-state index contributed by atoms with van der Waals surface area (Å²) >= 11 is 0. The maximum absolute atomic E-state index is 12.8. The van der Waals surface area contributed by atoms with Crippen molar-refractivity contribution < 1.29 is 27.4 Å². The standard InChI is InChI=1S/C22H20F3N5O3/c1-12-2-3-13(6-19(12)33-22(23,24)25)15-7-16(15)17-8-18(29-30-5-4-26-20(17)30)14-9-27-21(31)28-11-32-10-14/h2-6,8-9,15-16H,7,10-11H2,1H3,(H2,27,28,31)/b14-9+/t15-,16+/m1/s1. The van der Waals surface area contributed by atoms with E-state index >= 15 is 0 Å². The van der Waals surface area contributed by atoms with Crippen LogP contribution in [-0.4, -0.2) is 40.3 Å². The molecule has 1 aliphatic heterocycles. The highest BCUT2D eigenvalue weighted by Gasteiger charge is 2.42. The molecule has 3 heterocycles. The number of carbonyl (C=O) groups is 1. The number of nitrogens with one attached hydrogen (secondary N) is 2. The van der Waals surface area contributed by atoms with Crippen LogP contribution in [0.25, 0.3) is 11.2 Å². The van der Waals surface area contributed by atoms with Crippen molar-refractivity contribution in [3.05, 3.63) is 65.2 Å². The maximum Gasteiger partial charge on any atom is 0.573 e. The lowest BCUT2D eigenvalue weighted by Crippen LogP contribution is -2.36. The zero-order valence-corrected chi connectivity index (χ0v) is 17.5. The fourth-order valence-corrected chi connectivity index (χ4v) is 4.03. The maximum atomic E-state index is 12.8. The number of rotatable bonds is 4. The first kappa shape index (κ1) is 21.3. The van der Waals surface area contributed by atoms with Crippen molar-refractivity contribution in [2.24, 2.45) is 0 Å². The van der Waals surface area contributed by atoms with E-state index in [1.807, 2.05) is 12.1 Å². The number of hydrogen-bond acceptors (Lipinski definition) is 5. The lowest BCUT2D eigenvalue weighted by atomic mass is 10.0. The second-order valence-corrected chi connectivity index (χ2v) is 8.01. The number of amides is 2. The Labute approximate surface area is 186 Å². The largest absolute Gasteiger partial charge is 0.573 e. The Hall–Kier alpha value is -3.60. The molecule has 1 aliphatic carbocycles. The second-order valence-electron chi connectivity index (χ2n) is 8.01. The average Bonchev–Trinajstić information content (AvgIpc) is 3.39. The van der Waals surface area contributed by atoms with Gasteiger partial charge >= 0.3 is 12.4 Å². The molecule has 2 N–H and O–H groups in total. The van der Waals surface area contributed by atoms with E-state index in [9.17, 15) is 18.0 Å². The third-order valence-electron chi connectivity index (χ3n) is 5.74. The first-order chi connectivity index (χ1) is 15.8. The number of halogens is 3. The molecule has 0 saturated heterocycles. The number of alkyl halides is 3. The lowest BCUT2D eigenvalue weighted by molar-refractivity contribution is -0.274. The molecule has 1 saturated carbocycles. The van der Waals surface area contributed by atoms with Crippen molar-refractivity contribution in [3.8, 4) is 5.75 Å². The molecule has 0 radical (unpaired) electrons. The number of aromatic nitrogens is 3. The van der Waals surface area contributed by atoms with E-state index in [4.69, 9.17) is 4.74 Å². The summed E-state index contributed by atoms with van der Waals surface area (Å²) < 4.78 is 49.6. The molecule has 0 spiro atoms. The zero-order chi connectivity index (χ0) is 23.2. The molecule has 3 aromatic rings. The van der Waals surface area contributed by atoms with Gasteiger partial charge in [0.1, 0.15) is 12.5 Å². The molecular weight excluding hydrogens is 439 g/mol. The number of benzene rings is 1. The van der Waals surface area contributed by atoms with Crippen molar-refractivity contribution >= 4 is 17.3 Å². The van der Waals surface area contributed by atoms with Crippen molar-refractivity contribution in [2.45, 2.75) is 31.5 Å². The van der Waals surface area contributed by atoms with Crippen molar-refractivity contribution in [1.29, 1.82) is 0 Å². The molecule has 1 aromatic carbocycles. The molecule has 2 atom stereocenters. The number of urea groups is 1. The minimum absolute atomic E-state index is 0.0309. The van der Waals surface area contributed by atoms with E-state index in [-0.39, 0.29) is 37.0 Å². The van der Waals surface area contributed by atoms with E-state index in [1.165, 1.54) is 6.07 Å². The normalized spacial score (nSPS) is 22.5. The minimum Gasteiger partial charge on any atom is -0.406 e. The van der Waals surface area contributed by atoms with Gasteiger partial charge in [0.2, 0.25) is 0 Å². The van der Waals surface area contributed by atoms with Gasteiger partial charge in [0.15, 0.2) is 5.65 Å². The van der Waals surface area contributed by atoms with Crippen LogP contribution in [0.2, 0.25) is 0 Å². The zero-order valence-electron chi connectivity index (χ0n) is 17.5. The van der Waals surface area contributed by atoms with E-state index in [0.29, 0.717) is 22.5 Å². The Morgan fingerprint density at radius 3 is 2.91 bits per heavy atom. The molecule has 1 fully saturated rings. The minimum atomic E-state index is -4.74. The SMILES string of the molecule is Cc1ccc([C@H]2C[C@@H]2c2cc(/C3=C/NC(=O)NCOC3)nn3ccnc23)cc1OC(F)(F)F. The fraction of sp³-hybridized carbons (Fsp3) is 0.318. The smallest absolute Gasteiger partial charge is 0.406 e. The van der Waals surface area contributed by atoms with Gasteiger partial charge in [-0.15, -0.1) is 13.2 Å². The van der Waals surface area contributed by atoms with Crippen LogP contribution in [0.15, 0.2) is 42.9 Å². The van der Waals surface area contributed by atoms with Crippen LogP contribution >= 0.6 is 0 Å². The van der Waals surface area contributed by atoms with E-state index in [1.54, 1.807) is 36.1 Å². The summed E-state index contributed by atoms with van der Waals surface area (Å²) in [6, 6.07) is 6.47. The lowest BCUT2D eigenvalue weighted by Gasteiger charge is -2.15. The Kier molecular flexibility index (Phi) is 5.20. The molecule has 5 rings (SSSR count). The summed E-state index contributed by atoms with van der Waals surface area (Å²) in [7, 11) is 0. The van der Waals surface area contributed by atoms with Gasteiger partial charge < -0.3 is 20.1 Å². The molecule has 0 unspecified atom stereocenters. The highest BCUT2D eigenvalue weighted by molar-refractivity contribution is 5.78. The fourth-order valence-electron chi connectivity index (χ4n) is 4.03. The number of nitrogens with zero attached hydrogens (tertiary/aromatic N) is 3. The Bertz CT molecular complexity index is 1250. The first-order valence-electron chi connectivity index (χ1n) is 10.3. The summed E-state index contributed by atoms with van der Waals surface area (Å²) in [6.07, 6.45) is 0.937.